The lowest BCUT2D eigenvalue weighted by atomic mass is 11.0. The van der Waals surface area contributed by atoms with Gasteiger partial charge < -0.3 is 0 Å². The summed E-state index contributed by atoms with van der Waals surface area (Å²) in [7, 11) is 2.60. The quantitative estimate of drug-likeness (QED) is 0.291. The van der Waals surface area contributed by atoms with Crippen LogP contribution >= 0.6 is 9.39 Å². The van der Waals surface area contributed by atoms with Crippen LogP contribution in [0.25, 0.3) is 0 Å². The molecule has 0 amide bonds. The second kappa shape index (κ2) is 0.667. The van der Waals surface area contributed by atoms with E-state index in [0.29, 0.717) is 0 Å². The Kier molecular flexibility index (Phi) is 0.436. The minimum atomic E-state index is 1.28. The van der Waals surface area contributed by atoms with Gasteiger partial charge in [-0.25, -0.2) is 0 Å². The smallest absolute Gasteiger partial charge is 0.0148 e. The van der Waals surface area contributed by atoms with Gasteiger partial charge in [0.25, 0.3) is 0 Å². The molecule has 0 N–H and O–H groups in total. The molecule has 0 aromatic rings. The maximum absolute atomic E-state index is 2.60. The molecule has 0 saturated carbocycles. The molecule has 1 atom stereocenters. The molecule has 1 nitrogen and oxygen atoms in total. The molecule has 1 unspecified atom stereocenters. The van der Waals surface area contributed by atoms with Gasteiger partial charge in [0.2, 0.25) is 0 Å². The third kappa shape index (κ3) is 0.402. The Hall–Kier alpha value is 0.390. The SMILES string of the molecule is PN1CC1. The van der Waals surface area contributed by atoms with E-state index in [1.165, 1.54) is 13.1 Å². The molecule has 0 aromatic heterocycles. The highest BCUT2D eigenvalue weighted by molar-refractivity contribution is 7.13. The summed E-state index contributed by atoms with van der Waals surface area (Å²) in [5.74, 6) is 0. The summed E-state index contributed by atoms with van der Waals surface area (Å²) in [5.41, 5.74) is 0. The highest BCUT2D eigenvalue weighted by Crippen LogP contribution is 2.07. The first-order chi connectivity index (χ1) is 1.89. The van der Waals surface area contributed by atoms with E-state index in [0.717, 1.165) is 0 Å². The van der Waals surface area contributed by atoms with Gasteiger partial charge >= 0.3 is 0 Å². The van der Waals surface area contributed by atoms with Crippen LogP contribution in [-0.4, -0.2) is 17.8 Å². The van der Waals surface area contributed by atoms with Crippen molar-refractivity contribution in [1.29, 1.82) is 0 Å². The van der Waals surface area contributed by atoms with Gasteiger partial charge in [-0.3, -0.25) is 4.67 Å². The van der Waals surface area contributed by atoms with E-state index in [1.807, 2.05) is 0 Å². The molecule has 1 aliphatic rings. The van der Waals surface area contributed by atoms with Crippen LogP contribution in [0.5, 0.6) is 0 Å². The molecule has 0 bridgehead atoms. The molecule has 1 rings (SSSR count). The van der Waals surface area contributed by atoms with Crippen LogP contribution in [0.4, 0.5) is 0 Å². The van der Waals surface area contributed by atoms with Gasteiger partial charge in [0, 0.05) is 13.1 Å². The predicted molar refractivity (Wildman–Crippen MR) is 21.3 cm³/mol. The Bertz CT molecular complexity index is 25.2. The summed E-state index contributed by atoms with van der Waals surface area (Å²) in [6, 6.07) is 0. The van der Waals surface area contributed by atoms with Crippen molar-refractivity contribution < 1.29 is 0 Å². The van der Waals surface area contributed by atoms with E-state index < -0.39 is 0 Å². The van der Waals surface area contributed by atoms with Gasteiger partial charge in [0.15, 0.2) is 0 Å². The predicted octanol–water partition coefficient (Wildman–Crippen LogP) is 0.0921. The summed E-state index contributed by atoms with van der Waals surface area (Å²) in [6.45, 7) is 2.56. The van der Waals surface area contributed by atoms with Gasteiger partial charge in [-0.15, -0.1) is 0 Å². The zero-order valence-electron chi connectivity index (χ0n) is 2.44. The van der Waals surface area contributed by atoms with Crippen LogP contribution in [-0.2, 0) is 0 Å². The van der Waals surface area contributed by atoms with Crippen LogP contribution in [0.15, 0.2) is 0 Å². The Morgan fingerprint density at radius 3 is 1.75 bits per heavy atom. The third-order valence-corrected chi connectivity index (χ3v) is 0.998. The Balaban J connectivity index is 2.17. The van der Waals surface area contributed by atoms with Gasteiger partial charge in [0.1, 0.15) is 0 Å². The van der Waals surface area contributed by atoms with Gasteiger partial charge in [-0.1, -0.05) is 9.39 Å². The number of hydrogen-bond donors (Lipinski definition) is 0. The lowest BCUT2D eigenvalue weighted by molar-refractivity contribution is 0.956. The average molecular weight is 75.1 g/mol. The fourth-order valence-corrected chi connectivity index (χ4v) is 0.173. The van der Waals surface area contributed by atoms with Crippen molar-refractivity contribution in [3.05, 3.63) is 0 Å². The highest BCUT2D eigenvalue weighted by atomic mass is 31.0. The summed E-state index contributed by atoms with van der Waals surface area (Å²) < 4.78 is 2.17. The van der Waals surface area contributed by atoms with Crippen molar-refractivity contribution in [1.82, 2.24) is 4.67 Å². The van der Waals surface area contributed by atoms with Gasteiger partial charge in [-0.2, -0.15) is 0 Å². The van der Waals surface area contributed by atoms with Crippen LogP contribution in [0.1, 0.15) is 0 Å². The van der Waals surface area contributed by atoms with Crippen molar-refractivity contribution in [2.45, 2.75) is 0 Å². The van der Waals surface area contributed by atoms with Crippen molar-refractivity contribution in [2.24, 2.45) is 0 Å². The van der Waals surface area contributed by atoms with Crippen LogP contribution in [0.2, 0.25) is 0 Å². The molecule has 1 heterocycles. The topological polar surface area (TPSA) is 3.01 Å². The summed E-state index contributed by atoms with van der Waals surface area (Å²) in [5, 5.41) is 0. The van der Waals surface area contributed by atoms with E-state index in [2.05, 4.69) is 14.1 Å². The Labute approximate surface area is 28.2 Å². The highest BCUT2D eigenvalue weighted by Gasteiger charge is 2.07. The molecule has 0 aliphatic carbocycles. The van der Waals surface area contributed by atoms with Crippen LogP contribution < -0.4 is 0 Å². The van der Waals surface area contributed by atoms with E-state index in [1.54, 1.807) is 0 Å². The summed E-state index contributed by atoms with van der Waals surface area (Å²) >= 11 is 0. The van der Waals surface area contributed by atoms with Crippen molar-refractivity contribution in [3.63, 3.8) is 0 Å². The van der Waals surface area contributed by atoms with E-state index in [-0.39, 0.29) is 0 Å². The molecule has 1 saturated heterocycles. The molecule has 2 heteroatoms. The lowest BCUT2D eigenvalue weighted by Crippen LogP contribution is -1.57. The van der Waals surface area contributed by atoms with Crippen molar-refractivity contribution >= 4 is 9.39 Å². The largest absolute Gasteiger partial charge is 0.285 e. The van der Waals surface area contributed by atoms with Gasteiger partial charge in [0.05, 0.1) is 0 Å². The normalized spacial score (nSPS) is 26.2. The zero-order chi connectivity index (χ0) is 2.99. The molecule has 4 heavy (non-hydrogen) atoms. The molecular formula is C2H6NP. The fourth-order valence-electron chi connectivity index (χ4n) is 0.0577. The van der Waals surface area contributed by atoms with Crippen molar-refractivity contribution in [2.75, 3.05) is 13.1 Å². The zero-order valence-corrected chi connectivity index (χ0v) is 3.59. The second-order valence-corrected chi connectivity index (χ2v) is 1.77. The van der Waals surface area contributed by atoms with Crippen LogP contribution in [0.3, 0.4) is 0 Å². The van der Waals surface area contributed by atoms with E-state index in [4.69, 9.17) is 0 Å². The monoisotopic (exact) mass is 75.0 g/mol. The molecular weight excluding hydrogens is 69.0 g/mol. The fraction of sp³-hybridized carbons (Fsp3) is 1.00. The average Bonchev–Trinajstić information content (AvgIpc) is 1.75. The Morgan fingerprint density at radius 2 is 1.75 bits per heavy atom. The molecule has 0 spiro atoms. The molecule has 24 valence electrons. The van der Waals surface area contributed by atoms with Gasteiger partial charge in [-0.05, 0) is 0 Å². The second-order valence-electron chi connectivity index (χ2n) is 1.04. The Morgan fingerprint density at radius 1 is 1.50 bits per heavy atom. The van der Waals surface area contributed by atoms with E-state index in [9.17, 15) is 0 Å². The van der Waals surface area contributed by atoms with E-state index >= 15 is 0 Å². The maximum Gasteiger partial charge on any atom is 0.0148 e. The molecule has 1 fully saturated rings. The molecule has 1 aliphatic heterocycles. The third-order valence-electron chi connectivity index (χ3n) is 0.482. The summed E-state index contributed by atoms with van der Waals surface area (Å²) in [6.07, 6.45) is 0. The maximum atomic E-state index is 2.60. The molecule has 0 aromatic carbocycles. The first kappa shape index (κ1) is 2.62. The summed E-state index contributed by atoms with van der Waals surface area (Å²) in [4.78, 5) is 0. The first-order valence-electron chi connectivity index (χ1n) is 1.39. The first-order valence-corrected chi connectivity index (χ1v) is 1.91. The number of rotatable bonds is 0. The number of nitrogens with zero attached hydrogens (tertiary/aromatic N) is 1. The molecule has 0 radical (unpaired) electrons. The standard InChI is InChI=1S/C2H6NP/c4-3-1-2-3/h1-2,4H2. The minimum absolute atomic E-state index is 1.28. The minimum Gasteiger partial charge on any atom is -0.285 e. The lowest BCUT2D eigenvalue weighted by Gasteiger charge is -1.66. The number of hydrogen-bond acceptors (Lipinski definition) is 1. The van der Waals surface area contributed by atoms with Crippen molar-refractivity contribution in [3.8, 4) is 0 Å². The van der Waals surface area contributed by atoms with Crippen LogP contribution in [0, 0.1) is 0 Å².